The van der Waals surface area contributed by atoms with Gasteiger partial charge in [0.05, 0.1) is 13.2 Å². The van der Waals surface area contributed by atoms with E-state index in [-0.39, 0.29) is 12.6 Å². The summed E-state index contributed by atoms with van der Waals surface area (Å²) in [5.74, 6) is -0.0181. The highest BCUT2D eigenvalue weighted by atomic mass is 16.5. The van der Waals surface area contributed by atoms with Crippen LogP contribution in [0.4, 0.5) is 0 Å². The summed E-state index contributed by atoms with van der Waals surface area (Å²) in [6.45, 7) is 8.72. The zero-order valence-corrected chi connectivity index (χ0v) is 17.3. The van der Waals surface area contributed by atoms with Gasteiger partial charge >= 0.3 is 5.97 Å². The molecule has 0 saturated heterocycles. The summed E-state index contributed by atoms with van der Waals surface area (Å²) in [6, 6.07) is 0. The number of nitrogens with one attached hydrogen (secondary N) is 1. The Hall–Kier alpha value is -0.610. The number of unbranched alkanes of at least 4 members (excludes halogenated alkanes) is 10. The maximum Gasteiger partial charge on any atom is 0.305 e. The summed E-state index contributed by atoms with van der Waals surface area (Å²) in [5.41, 5.74) is 0. The van der Waals surface area contributed by atoms with E-state index in [1.54, 1.807) is 0 Å². The van der Waals surface area contributed by atoms with Gasteiger partial charge in [0.25, 0.3) is 0 Å². The van der Waals surface area contributed by atoms with Gasteiger partial charge in [-0.1, -0.05) is 78.6 Å². The third-order valence-electron chi connectivity index (χ3n) is 4.03. The van der Waals surface area contributed by atoms with E-state index in [0.717, 1.165) is 32.2 Å². The van der Waals surface area contributed by atoms with Crippen LogP contribution in [0.15, 0.2) is 0 Å². The SMILES string of the molecule is CC.CCCCCCCCC(=O)OCCCCCCCCNCCO. The van der Waals surface area contributed by atoms with Crippen LogP contribution in [-0.2, 0) is 9.53 Å². The van der Waals surface area contributed by atoms with Crippen LogP contribution in [-0.4, -0.2) is 37.4 Å². The highest BCUT2D eigenvalue weighted by Crippen LogP contribution is 2.08. The van der Waals surface area contributed by atoms with E-state index in [4.69, 9.17) is 9.84 Å². The van der Waals surface area contributed by atoms with E-state index in [1.807, 2.05) is 13.8 Å². The van der Waals surface area contributed by atoms with E-state index in [2.05, 4.69) is 12.2 Å². The largest absolute Gasteiger partial charge is 0.466 e. The molecule has 0 aromatic rings. The minimum absolute atomic E-state index is 0.0181. The minimum atomic E-state index is -0.0181. The Morgan fingerprint density at radius 2 is 1.36 bits per heavy atom. The monoisotopic (exact) mass is 359 g/mol. The summed E-state index contributed by atoms with van der Waals surface area (Å²) in [7, 11) is 0. The third-order valence-corrected chi connectivity index (χ3v) is 4.03. The maximum absolute atomic E-state index is 11.5. The van der Waals surface area contributed by atoms with Gasteiger partial charge in [0.1, 0.15) is 0 Å². The maximum atomic E-state index is 11.5. The standard InChI is InChI=1S/C19H39NO3.C2H6/c1-2-3-4-5-8-11-14-19(22)23-18-13-10-7-6-9-12-15-20-16-17-21;1-2/h20-21H,2-18H2,1H3;1-2H3. The molecule has 0 aliphatic heterocycles. The highest BCUT2D eigenvalue weighted by molar-refractivity contribution is 5.69. The summed E-state index contributed by atoms with van der Waals surface area (Å²) in [4.78, 5) is 11.5. The molecule has 0 spiro atoms. The first-order valence-electron chi connectivity index (χ1n) is 10.8. The Morgan fingerprint density at radius 3 is 2.00 bits per heavy atom. The molecule has 0 amide bonds. The molecular weight excluding hydrogens is 314 g/mol. The number of carbonyl (C=O) groups is 1. The Balaban J connectivity index is 0. The lowest BCUT2D eigenvalue weighted by molar-refractivity contribution is -0.143. The van der Waals surface area contributed by atoms with E-state index >= 15 is 0 Å². The van der Waals surface area contributed by atoms with Gasteiger partial charge in [0.2, 0.25) is 0 Å². The van der Waals surface area contributed by atoms with Crippen molar-refractivity contribution in [2.45, 2.75) is 104 Å². The lowest BCUT2D eigenvalue weighted by Crippen LogP contribution is -2.19. The molecule has 152 valence electrons. The van der Waals surface area contributed by atoms with Crippen molar-refractivity contribution >= 4 is 5.97 Å². The number of carbonyl (C=O) groups excluding carboxylic acids is 1. The molecule has 0 heterocycles. The number of rotatable bonds is 18. The van der Waals surface area contributed by atoms with Crippen molar-refractivity contribution in [2.75, 3.05) is 26.3 Å². The van der Waals surface area contributed by atoms with Crippen molar-refractivity contribution in [3.63, 3.8) is 0 Å². The van der Waals surface area contributed by atoms with E-state index in [9.17, 15) is 4.79 Å². The first-order chi connectivity index (χ1) is 12.3. The first-order valence-corrected chi connectivity index (χ1v) is 10.8. The molecule has 4 heteroatoms. The van der Waals surface area contributed by atoms with Crippen LogP contribution < -0.4 is 5.32 Å². The van der Waals surface area contributed by atoms with E-state index in [1.165, 1.54) is 51.4 Å². The number of aliphatic hydroxyl groups excluding tert-OH is 1. The molecule has 0 unspecified atom stereocenters. The molecule has 0 fully saturated rings. The molecule has 0 aromatic carbocycles. The molecule has 0 rings (SSSR count). The Kier molecular flexibility index (Phi) is 27.3. The van der Waals surface area contributed by atoms with Gasteiger partial charge in [-0.05, 0) is 25.8 Å². The van der Waals surface area contributed by atoms with Crippen molar-refractivity contribution in [3.05, 3.63) is 0 Å². The molecule has 4 nitrogen and oxygen atoms in total. The molecule has 0 saturated carbocycles. The molecule has 0 aliphatic rings. The van der Waals surface area contributed by atoms with Crippen molar-refractivity contribution < 1.29 is 14.6 Å². The number of aliphatic hydroxyl groups is 1. The number of hydrogen-bond acceptors (Lipinski definition) is 4. The topological polar surface area (TPSA) is 58.6 Å². The quantitative estimate of drug-likeness (QED) is 0.260. The number of hydrogen-bond donors (Lipinski definition) is 2. The van der Waals surface area contributed by atoms with Gasteiger partial charge in [-0.15, -0.1) is 0 Å². The zero-order chi connectivity index (χ0) is 19.0. The molecule has 0 bridgehead atoms. The average Bonchev–Trinajstić information content (AvgIpc) is 2.64. The lowest BCUT2D eigenvalue weighted by atomic mass is 10.1. The van der Waals surface area contributed by atoms with Crippen molar-refractivity contribution in [3.8, 4) is 0 Å². The molecule has 25 heavy (non-hydrogen) atoms. The smallest absolute Gasteiger partial charge is 0.305 e. The molecule has 2 N–H and O–H groups in total. The second-order valence-electron chi connectivity index (χ2n) is 6.33. The second kappa shape index (κ2) is 25.6. The number of ether oxygens (including phenoxy) is 1. The fourth-order valence-corrected chi connectivity index (χ4v) is 2.57. The Labute approximate surface area is 157 Å². The van der Waals surface area contributed by atoms with Crippen molar-refractivity contribution in [1.29, 1.82) is 0 Å². The predicted octanol–water partition coefficient (Wildman–Crippen LogP) is 5.23. The van der Waals surface area contributed by atoms with Gasteiger partial charge in [-0.3, -0.25) is 4.79 Å². The van der Waals surface area contributed by atoms with Gasteiger partial charge in [-0.25, -0.2) is 0 Å². The van der Waals surface area contributed by atoms with Gasteiger partial charge < -0.3 is 15.2 Å². The highest BCUT2D eigenvalue weighted by Gasteiger charge is 2.02. The molecule has 0 atom stereocenters. The summed E-state index contributed by atoms with van der Waals surface area (Å²) >= 11 is 0. The fourth-order valence-electron chi connectivity index (χ4n) is 2.57. The van der Waals surface area contributed by atoms with Gasteiger partial charge in [-0.2, -0.15) is 0 Å². The zero-order valence-electron chi connectivity index (χ0n) is 17.3. The minimum Gasteiger partial charge on any atom is -0.466 e. The normalized spacial score (nSPS) is 10.2. The van der Waals surface area contributed by atoms with Crippen LogP contribution in [0.5, 0.6) is 0 Å². The van der Waals surface area contributed by atoms with Crippen molar-refractivity contribution in [2.24, 2.45) is 0 Å². The first kappa shape index (κ1) is 26.6. The van der Waals surface area contributed by atoms with Crippen LogP contribution in [0.3, 0.4) is 0 Å². The van der Waals surface area contributed by atoms with Crippen LogP contribution in [0.25, 0.3) is 0 Å². The lowest BCUT2D eigenvalue weighted by Gasteiger charge is -2.05. The van der Waals surface area contributed by atoms with Crippen LogP contribution in [0.2, 0.25) is 0 Å². The van der Waals surface area contributed by atoms with Crippen LogP contribution in [0, 0.1) is 0 Å². The van der Waals surface area contributed by atoms with Crippen molar-refractivity contribution in [1.82, 2.24) is 5.32 Å². The van der Waals surface area contributed by atoms with E-state index in [0.29, 0.717) is 19.6 Å². The number of esters is 1. The van der Waals surface area contributed by atoms with E-state index < -0.39 is 0 Å². The van der Waals surface area contributed by atoms with Gasteiger partial charge in [0.15, 0.2) is 0 Å². The Bertz CT molecular complexity index is 247. The summed E-state index contributed by atoms with van der Waals surface area (Å²) < 4.78 is 5.27. The molecular formula is C21H45NO3. The second-order valence-corrected chi connectivity index (χ2v) is 6.33. The third kappa shape index (κ3) is 25.7. The fraction of sp³-hybridized carbons (Fsp3) is 0.952. The van der Waals surface area contributed by atoms with Gasteiger partial charge in [0, 0.05) is 13.0 Å². The molecule has 0 aliphatic carbocycles. The summed E-state index contributed by atoms with van der Waals surface area (Å²) in [5, 5.41) is 11.8. The average molecular weight is 360 g/mol. The predicted molar refractivity (Wildman–Crippen MR) is 108 cm³/mol. The molecule has 0 aromatic heterocycles. The van der Waals surface area contributed by atoms with Crippen LogP contribution >= 0.6 is 0 Å². The molecule has 0 radical (unpaired) electrons. The summed E-state index contributed by atoms with van der Waals surface area (Å²) in [6.07, 6.45) is 14.8. The van der Waals surface area contributed by atoms with Crippen LogP contribution in [0.1, 0.15) is 104 Å². The Morgan fingerprint density at radius 1 is 0.800 bits per heavy atom.